The average molecular weight is 397 g/mol. The van der Waals surface area contributed by atoms with Gasteiger partial charge in [0.05, 0.1) is 0 Å². The fraction of sp³-hybridized carbons (Fsp3) is 0.478. The first-order valence-corrected chi connectivity index (χ1v) is 10.5. The molecule has 1 atom stereocenters. The largest absolute Gasteiger partial charge is 0.489 e. The van der Waals surface area contributed by atoms with E-state index in [1.807, 2.05) is 36.4 Å². The molecule has 1 unspecified atom stereocenters. The van der Waals surface area contributed by atoms with Crippen LogP contribution in [0.2, 0.25) is 0 Å². The molecular formula is C23H32N4O2. The lowest BCUT2D eigenvalue weighted by Crippen LogP contribution is -2.38. The molecule has 1 saturated heterocycles. The van der Waals surface area contributed by atoms with Crippen LogP contribution in [-0.2, 0) is 13.2 Å². The molecule has 1 aromatic carbocycles. The van der Waals surface area contributed by atoms with E-state index in [0.717, 1.165) is 35.8 Å². The maximum absolute atomic E-state index is 12.0. The molecule has 0 aliphatic carbocycles. The van der Waals surface area contributed by atoms with E-state index >= 15 is 0 Å². The smallest absolute Gasteiger partial charge is 0.315 e. The second-order valence-electron chi connectivity index (χ2n) is 7.80. The van der Waals surface area contributed by atoms with E-state index in [2.05, 4.69) is 27.4 Å². The van der Waals surface area contributed by atoms with Gasteiger partial charge in [-0.1, -0.05) is 25.1 Å². The van der Waals surface area contributed by atoms with Crippen LogP contribution in [0.25, 0.3) is 0 Å². The van der Waals surface area contributed by atoms with Crippen molar-refractivity contribution in [1.82, 2.24) is 20.5 Å². The fourth-order valence-corrected chi connectivity index (χ4v) is 3.59. The molecular weight excluding hydrogens is 364 g/mol. The number of ether oxygens (including phenoxy) is 1. The van der Waals surface area contributed by atoms with Gasteiger partial charge >= 0.3 is 6.03 Å². The third kappa shape index (κ3) is 7.74. The second-order valence-corrected chi connectivity index (χ2v) is 7.80. The number of nitrogens with one attached hydrogen (secondary N) is 2. The maximum atomic E-state index is 12.0. The summed E-state index contributed by atoms with van der Waals surface area (Å²) in [5.41, 5.74) is 2.07. The number of hydrogen-bond acceptors (Lipinski definition) is 4. The third-order valence-corrected chi connectivity index (χ3v) is 5.18. The van der Waals surface area contributed by atoms with E-state index in [4.69, 9.17) is 4.74 Å². The van der Waals surface area contributed by atoms with E-state index in [1.165, 1.54) is 25.9 Å². The Morgan fingerprint density at radius 3 is 2.83 bits per heavy atom. The number of aromatic nitrogens is 1. The van der Waals surface area contributed by atoms with Gasteiger partial charge in [-0.3, -0.25) is 4.98 Å². The summed E-state index contributed by atoms with van der Waals surface area (Å²) in [6.45, 7) is 7.45. The van der Waals surface area contributed by atoms with Crippen molar-refractivity contribution in [2.45, 2.75) is 39.3 Å². The van der Waals surface area contributed by atoms with Crippen molar-refractivity contribution in [1.29, 1.82) is 0 Å². The van der Waals surface area contributed by atoms with E-state index in [1.54, 1.807) is 12.4 Å². The number of carbonyl (C=O) groups excluding carboxylic acids is 1. The predicted molar refractivity (Wildman–Crippen MR) is 115 cm³/mol. The van der Waals surface area contributed by atoms with Gasteiger partial charge in [0.2, 0.25) is 0 Å². The number of pyridine rings is 1. The van der Waals surface area contributed by atoms with Gasteiger partial charge in [-0.25, -0.2) is 4.79 Å². The Balaban J connectivity index is 1.28. The van der Waals surface area contributed by atoms with Crippen molar-refractivity contribution in [2.75, 3.05) is 26.2 Å². The number of carbonyl (C=O) groups is 1. The average Bonchev–Trinajstić information content (AvgIpc) is 2.75. The Kier molecular flexibility index (Phi) is 8.31. The summed E-state index contributed by atoms with van der Waals surface area (Å²) >= 11 is 0. The first-order valence-electron chi connectivity index (χ1n) is 10.5. The van der Waals surface area contributed by atoms with E-state index in [-0.39, 0.29) is 6.03 Å². The highest BCUT2D eigenvalue weighted by atomic mass is 16.5. The highest BCUT2D eigenvalue weighted by Gasteiger charge is 2.15. The van der Waals surface area contributed by atoms with Crippen LogP contribution in [0.5, 0.6) is 5.75 Å². The molecule has 0 radical (unpaired) electrons. The first-order chi connectivity index (χ1) is 14.2. The van der Waals surface area contributed by atoms with E-state index in [9.17, 15) is 4.79 Å². The van der Waals surface area contributed by atoms with Crippen molar-refractivity contribution in [2.24, 2.45) is 5.92 Å². The number of amides is 2. The zero-order chi connectivity index (χ0) is 20.3. The lowest BCUT2D eigenvalue weighted by molar-refractivity contribution is 0.181. The maximum Gasteiger partial charge on any atom is 0.315 e. The van der Waals surface area contributed by atoms with Crippen LogP contribution >= 0.6 is 0 Å². The van der Waals surface area contributed by atoms with Crippen LogP contribution in [0, 0.1) is 5.92 Å². The molecule has 2 heterocycles. The van der Waals surface area contributed by atoms with E-state index < -0.39 is 0 Å². The van der Waals surface area contributed by atoms with E-state index in [0.29, 0.717) is 19.7 Å². The third-order valence-electron chi connectivity index (χ3n) is 5.18. The Labute approximate surface area is 173 Å². The lowest BCUT2D eigenvalue weighted by Gasteiger charge is -2.30. The molecule has 1 aliphatic rings. The molecule has 2 N–H and O–H groups in total. The van der Waals surface area contributed by atoms with Gasteiger partial charge < -0.3 is 20.3 Å². The minimum atomic E-state index is -0.117. The summed E-state index contributed by atoms with van der Waals surface area (Å²) in [6.07, 6.45) is 7.17. The van der Waals surface area contributed by atoms with Gasteiger partial charge in [0.15, 0.2) is 0 Å². The fourth-order valence-electron chi connectivity index (χ4n) is 3.59. The van der Waals surface area contributed by atoms with Gasteiger partial charge in [-0.15, -0.1) is 0 Å². The lowest BCUT2D eigenvalue weighted by atomic mass is 10.0. The molecule has 1 fully saturated rings. The quantitative estimate of drug-likeness (QED) is 0.636. The second kappa shape index (κ2) is 11.4. The summed E-state index contributed by atoms with van der Waals surface area (Å²) < 4.78 is 5.75. The zero-order valence-electron chi connectivity index (χ0n) is 17.3. The minimum absolute atomic E-state index is 0.117. The van der Waals surface area contributed by atoms with Gasteiger partial charge in [-0.2, -0.15) is 0 Å². The summed E-state index contributed by atoms with van der Waals surface area (Å²) in [5.74, 6) is 1.60. The number of nitrogens with zero attached hydrogens (tertiary/aromatic N) is 2. The summed E-state index contributed by atoms with van der Waals surface area (Å²) in [6, 6.07) is 11.5. The molecule has 29 heavy (non-hydrogen) atoms. The van der Waals surface area contributed by atoms with Crippen molar-refractivity contribution in [3.63, 3.8) is 0 Å². The monoisotopic (exact) mass is 396 g/mol. The minimum Gasteiger partial charge on any atom is -0.489 e. The molecule has 0 spiro atoms. The van der Waals surface area contributed by atoms with Crippen molar-refractivity contribution in [3.05, 3.63) is 59.9 Å². The first kappa shape index (κ1) is 21.1. The molecule has 3 rings (SSSR count). The standard InChI is InChI=1S/C23H32N4O2/c1-19-5-3-13-27(17-19)14-4-12-25-23(28)26-16-20-7-9-22(10-8-20)29-18-21-6-2-11-24-15-21/h2,6-11,15,19H,3-5,12-14,16-18H2,1H3,(H2,25,26,28). The molecule has 0 bridgehead atoms. The number of rotatable bonds is 9. The van der Waals surface area contributed by atoms with Crippen molar-refractivity contribution in [3.8, 4) is 5.75 Å². The molecule has 6 heteroatoms. The van der Waals surface area contributed by atoms with Crippen LogP contribution in [0.4, 0.5) is 4.79 Å². The molecule has 2 amide bonds. The van der Waals surface area contributed by atoms with Crippen molar-refractivity contribution >= 4 is 6.03 Å². The molecule has 1 aliphatic heterocycles. The van der Waals surface area contributed by atoms with Gasteiger partial charge in [-0.05, 0) is 62.0 Å². The Morgan fingerprint density at radius 1 is 1.21 bits per heavy atom. The van der Waals surface area contributed by atoms with Crippen LogP contribution in [0.1, 0.15) is 37.3 Å². The predicted octanol–water partition coefficient (Wildman–Crippen LogP) is 3.58. The van der Waals surface area contributed by atoms with Crippen LogP contribution < -0.4 is 15.4 Å². The van der Waals surface area contributed by atoms with Crippen molar-refractivity contribution < 1.29 is 9.53 Å². The van der Waals surface area contributed by atoms with Crippen LogP contribution in [0.3, 0.4) is 0 Å². The molecule has 0 saturated carbocycles. The number of likely N-dealkylation sites (tertiary alicyclic amines) is 1. The molecule has 1 aromatic heterocycles. The van der Waals surface area contributed by atoms with Gasteiger partial charge in [0.25, 0.3) is 0 Å². The highest BCUT2D eigenvalue weighted by molar-refractivity contribution is 5.73. The Hall–Kier alpha value is -2.60. The number of urea groups is 1. The molecule has 156 valence electrons. The SMILES string of the molecule is CC1CCCN(CCCNC(=O)NCc2ccc(OCc3cccnc3)cc2)C1. The highest BCUT2D eigenvalue weighted by Crippen LogP contribution is 2.15. The zero-order valence-corrected chi connectivity index (χ0v) is 17.3. The molecule has 6 nitrogen and oxygen atoms in total. The molecule has 2 aromatic rings. The van der Waals surface area contributed by atoms with Crippen LogP contribution in [0.15, 0.2) is 48.8 Å². The summed E-state index contributed by atoms with van der Waals surface area (Å²) in [7, 11) is 0. The van der Waals surface area contributed by atoms with Crippen LogP contribution in [-0.4, -0.2) is 42.1 Å². The number of benzene rings is 1. The van der Waals surface area contributed by atoms with Gasteiger partial charge in [0, 0.05) is 37.6 Å². The summed E-state index contributed by atoms with van der Waals surface area (Å²) in [4.78, 5) is 18.6. The Bertz CT molecular complexity index is 736. The normalized spacial score (nSPS) is 16.9. The number of piperidine rings is 1. The number of hydrogen-bond donors (Lipinski definition) is 2. The summed E-state index contributed by atoms with van der Waals surface area (Å²) in [5, 5.41) is 5.86. The Morgan fingerprint density at radius 2 is 2.07 bits per heavy atom. The van der Waals surface area contributed by atoms with Gasteiger partial charge in [0.1, 0.15) is 12.4 Å². The topological polar surface area (TPSA) is 66.5 Å².